The lowest BCUT2D eigenvalue weighted by molar-refractivity contribution is -0.298. The number of alkyl halides is 3. The van der Waals surface area contributed by atoms with E-state index in [2.05, 4.69) is 5.10 Å². The van der Waals surface area contributed by atoms with E-state index in [-0.39, 0.29) is 7.43 Å². The van der Waals surface area contributed by atoms with Crippen molar-refractivity contribution in [3.05, 3.63) is 59.7 Å². The van der Waals surface area contributed by atoms with E-state index in [1.165, 1.54) is 12.2 Å². The van der Waals surface area contributed by atoms with Crippen molar-refractivity contribution in [2.75, 3.05) is 5.43 Å². The van der Waals surface area contributed by atoms with Crippen LogP contribution in [0.25, 0.3) is 0 Å². The number of benzene rings is 1. The van der Waals surface area contributed by atoms with E-state index in [9.17, 15) is 40.8 Å². The molecule has 8 nitrogen and oxygen atoms in total. The van der Waals surface area contributed by atoms with E-state index in [0.717, 1.165) is 0 Å². The first-order valence-corrected chi connectivity index (χ1v) is 9.64. The molecule has 2 aliphatic rings. The first-order valence-electron chi connectivity index (χ1n) is 8.23. The van der Waals surface area contributed by atoms with Gasteiger partial charge in [-0.1, -0.05) is 37.8 Å². The van der Waals surface area contributed by atoms with E-state index >= 15 is 0 Å². The molecular weight excluding hydrogens is 441 g/mol. The number of hydrogen-bond acceptors (Lipinski definition) is 8. The number of aliphatic carboxylic acids is 1. The summed E-state index contributed by atoms with van der Waals surface area (Å²) in [5, 5.41) is 14.9. The van der Waals surface area contributed by atoms with E-state index in [1.807, 2.05) is 5.43 Å². The molecule has 12 heteroatoms. The average molecular weight is 456 g/mol. The summed E-state index contributed by atoms with van der Waals surface area (Å²) in [6, 6.07) is 1.23. The summed E-state index contributed by atoms with van der Waals surface area (Å²) in [6.07, 6.45) is 2.57. The second-order valence-corrected chi connectivity index (χ2v) is 7.69. The summed E-state index contributed by atoms with van der Waals surface area (Å²) in [5.41, 5.74) is -1.15. The van der Waals surface area contributed by atoms with Crippen LogP contribution < -0.4 is 10.5 Å². The number of nitrogens with one attached hydrogen (secondary N) is 1. The molecule has 0 saturated heterocycles. The van der Waals surface area contributed by atoms with E-state index in [1.54, 1.807) is 18.2 Å². The van der Waals surface area contributed by atoms with Gasteiger partial charge < -0.3 is 14.5 Å². The van der Waals surface area contributed by atoms with Crippen LogP contribution in [0.3, 0.4) is 0 Å². The zero-order valence-corrected chi connectivity index (χ0v) is 15.5. The van der Waals surface area contributed by atoms with Gasteiger partial charge in [0.2, 0.25) is 5.78 Å². The Balaban J connectivity index is 0.00000341. The van der Waals surface area contributed by atoms with Crippen LogP contribution in [-0.2, 0) is 25.9 Å². The molecule has 166 valence electrons. The van der Waals surface area contributed by atoms with Crippen molar-refractivity contribution < 1.29 is 40.8 Å². The molecule has 31 heavy (non-hydrogen) atoms. The Hall–Kier alpha value is -3.25. The molecule has 2 unspecified atom stereocenters. The van der Waals surface area contributed by atoms with Gasteiger partial charge >= 0.3 is 6.18 Å². The van der Waals surface area contributed by atoms with Crippen molar-refractivity contribution in [1.82, 2.24) is 0 Å². The fourth-order valence-electron chi connectivity index (χ4n) is 3.03. The number of hydrazone groups is 1. The van der Waals surface area contributed by atoms with Gasteiger partial charge in [0.1, 0.15) is 15.8 Å². The normalized spacial score (nSPS) is 21.9. The summed E-state index contributed by atoms with van der Waals surface area (Å²) in [7, 11) is -5.18. The number of carboxylic acid groups (broad SMARTS) is 1. The quantitative estimate of drug-likeness (QED) is 0.413. The van der Waals surface area contributed by atoms with Gasteiger partial charge in [-0.25, -0.2) is 8.42 Å². The number of halogens is 3. The number of carbonyl (C=O) groups excluding carboxylic acids is 2. The van der Waals surface area contributed by atoms with Gasteiger partial charge in [0, 0.05) is 17.4 Å². The van der Waals surface area contributed by atoms with Gasteiger partial charge in [-0.05, 0) is 18.2 Å². The maximum Gasteiger partial charge on any atom is 0.416 e. The number of anilines is 1. The molecule has 0 heterocycles. The second-order valence-electron chi connectivity index (χ2n) is 6.34. The maximum atomic E-state index is 13.0. The number of hydrogen-bond donors (Lipinski definition) is 1. The lowest BCUT2D eigenvalue weighted by Gasteiger charge is -2.28. The molecule has 1 aromatic rings. The predicted molar refractivity (Wildman–Crippen MR) is 101 cm³/mol. The van der Waals surface area contributed by atoms with Crippen LogP contribution in [0, 0.1) is 11.8 Å². The molecular formula is C19H15F3N2O6S-2. The summed E-state index contributed by atoms with van der Waals surface area (Å²) in [4.78, 5) is 22.7. The molecule has 2 aliphatic carbocycles. The van der Waals surface area contributed by atoms with Crippen LogP contribution in [0.1, 0.15) is 13.0 Å². The molecule has 2 atom stereocenters. The predicted octanol–water partition coefficient (Wildman–Crippen LogP) is 1.63. The number of Topliss-reactive ketones (excluding diaryl/α,β-unsaturated/α-hetero) is 1. The first-order chi connectivity index (χ1) is 13.9. The minimum absolute atomic E-state index is 0. The number of rotatable bonds is 4. The minimum Gasteiger partial charge on any atom is -0.744 e. The molecule has 0 aliphatic heterocycles. The minimum atomic E-state index is -5.18. The fourth-order valence-corrected chi connectivity index (χ4v) is 3.64. The number of allylic oxidation sites excluding steroid dienone is 5. The van der Waals surface area contributed by atoms with Gasteiger partial charge in [-0.2, -0.15) is 18.3 Å². The zero-order chi connectivity index (χ0) is 22.3. The molecule has 0 aromatic heterocycles. The molecule has 1 N–H and O–H groups in total. The molecule has 3 rings (SSSR count). The molecule has 0 bridgehead atoms. The fraction of sp³-hybridized carbons (Fsp3) is 0.211. The number of ketones is 1. The van der Waals surface area contributed by atoms with Gasteiger partial charge in [0.25, 0.3) is 0 Å². The molecule has 1 aromatic carbocycles. The molecule has 0 radical (unpaired) electrons. The Labute approximate surface area is 175 Å². The third-order valence-electron chi connectivity index (χ3n) is 4.42. The Morgan fingerprint density at radius 2 is 1.81 bits per heavy atom. The number of carbonyl (C=O) groups is 2. The van der Waals surface area contributed by atoms with Crippen LogP contribution >= 0.6 is 0 Å². The topological polar surface area (TPSA) is 139 Å². The Kier molecular flexibility index (Phi) is 6.57. The van der Waals surface area contributed by atoms with Crippen molar-refractivity contribution >= 4 is 33.3 Å². The van der Waals surface area contributed by atoms with E-state index in [0.29, 0.717) is 18.2 Å². The lowest BCUT2D eigenvalue weighted by Crippen LogP contribution is -2.40. The molecule has 0 amide bonds. The molecule has 0 fully saturated rings. The standard InChI is InChI=1S/C18H13F3N2O6S.CH4/c19-18(20,21)10-5-6-14(30(27,28)29)13(8-10)22-23-15-11-4-2-1-3-9(11)7-12(16(15)24)17(25)26;/h1-9,11,22H,(H,25,26)(H,27,28,29);1H4/p-2/b23-15-;. The molecule has 0 saturated carbocycles. The van der Waals surface area contributed by atoms with Crippen LogP contribution in [0.5, 0.6) is 0 Å². The second kappa shape index (κ2) is 8.47. The molecule has 0 spiro atoms. The van der Waals surface area contributed by atoms with Crippen molar-refractivity contribution in [1.29, 1.82) is 0 Å². The summed E-state index contributed by atoms with van der Waals surface area (Å²) >= 11 is 0. The third kappa shape index (κ3) is 4.91. The highest BCUT2D eigenvalue weighted by Crippen LogP contribution is 2.34. The Morgan fingerprint density at radius 1 is 1.16 bits per heavy atom. The van der Waals surface area contributed by atoms with Crippen LogP contribution in [-0.4, -0.2) is 30.4 Å². The summed E-state index contributed by atoms with van der Waals surface area (Å²) in [6.45, 7) is 0. The number of fused-ring (bicyclic) bond motifs is 1. The Morgan fingerprint density at radius 3 is 2.39 bits per heavy atom. The highest BCUT2D eigenvalue weighted by Gasteiger charge is 2.35. The zero-order valence-electron chi connectivity index (χ0n) is 14.7. The highest BCUT2D eigenvalue weighted by atomic mass is 32.2. The van der Waals surface area contributed by atoms with Gasteiger partial charge in [0.15, 0.2) is 0 Å². The number of nitrogens with zero attached hydrogens (tertiary/aromatic N) is 1. The SMILES string of the molecule is C.O=C([O-])C1=CC2C=CC=CC2/C(=N/Nc2cc(C(F)(F)F)ccc2S(=O)(=O)[O-])C1=O. The average Bonchev–Trinajstić information content (AvgIpc) is 2.65. The lowest BCUT2D eigenvalue weighted by atomic mass is 9.76. The van der Waals surface area contributed by atoms with Gasteiger partial charge in [-0.15, -0.1) is 0 Å². The van der Waals surface area contributed by atoms with Crippen LogP contribution in [0.4, 0.5) is 18.9 Å². The summed E-state index contributed by atoms with van der Waals surface area (Å²) in [5.74, 6) is -4.17. The Bertz CT molecular complexity index is 1150. The summed E-state index contributed by atoms with van der Waals surface area (Å²) < 4.78 is 73.1. The third-order valence-corrected chi connectivity index (χ3v) is 5.32. The monoisotopic (exact) mass is 456 g/mol. The van der Waals surface area contributed by atoms with Crippen LogP contribution in [0.15, 0.2) is 64.1 Å². The van der Waals surface area contributed by atoms with Crippen molar-refractivity contribution in [2.24, 2.45) is 16.9 Å². The number of carboxylic acids is 1. The van der Waals surface area contributed by atoms with Gasteiger partial charge in [-0.3, -0.25) is 10.2 Å². The van der Waals surface area contributed by atoms with E-state index in [4.69, 9.17) is 0 Å². The van der Waals surface area contributed by atoms with Crippen molar-refractivity contribution in [3.8, 4) is 0 Å². The van der Waals surface area contributed by atoms with Crippen molar-refractivity contribution in [2.45, 2.75) is 18.5 Å². The first kappa shape index (κ1) is 24.0. The maximum absolute atomic E-state index is 13.0. The smallest absolute Gasteiger partial charge is 0.416 e. The van der Waals surface area contributed by atoms with Crippen LogP contribution in [0.2, 0.25) is 0 Å². The van der Waals surface area contributed by atoms with E-state index < -0.39 is 67.3 Å². The van der Waals surface area contributed by atoms with Crippen molar-refractivity contribution in [3.63, 3.8) is 0 Å². The van der Waals surface area contributed by atoms with Gasteiger partial charge in [0.05, 0.1) is 22.1 Å². The largest absolute Gasteiger partial charge is 0.744 e. The highest BCUT2D eigenvalue weighted by molar-refractivity contribution is 7.86.